The van der Waals surface area contributed by atoms with E-state index in [0.717, 1.165) is 31.9 Å². The van der Waals surface area contributed by atoms with E-state index >= 15 is 0 Å². The quantitative estimate of drug-likeness (QED) is 0.758. The van der Waals surface area contributed by atoms with Crippen molar-refractivity contribution in [2.24, 2.45) is 0 Å². The minimum atomic E-state index is -0.345. The zero-order chi connectivity index (χ0) is 11.4. The van der Waals surface area contributed by atoms with E-state index in [1.165, 1.54) is 12.1 Å². The Hall–Kier alpha value is -1.44. The predicted molar refractivity (Wildman–Crippen MR) is 57.2 cm³/mol. The summed E-state index contributed by atoms with van der Waals surface area (Å²) in [6, 6.07) is 6.43. The zero-order valence-corrected chi connectivity index (χ0v) is 8.95. The average Bonchev–Trinajstić information content (AvgIpc) is 2.29. The van der Waals surface area contributed by atoms with Gasteiger partial charge in [0, 0.05) is 19.6 Å². The summed E-state index contributed by atoms with van der Waals surface area (Å²) in [6.45, 7) is 3.84. The fraction of sp³-hybridized carbons (Fsp3) is 0.417. The SMILES string of the molecule is N#Cc1cc(F)cc(CN2CCOCC2)c1. The molecular weight excluding hydrogens is 207 g/mol. The van der Waals surface area contributed by atoms with Crippen molar-refractivity contribution in [3.63, 3.8) is 0 Å². The molecule has 0 amide bonds. The standard InChI is InChI=1S/C12H13FN2O/c13-12-6-10(8-14)5-11(7-12)9-15-1-3-16-4-2-15/h5-7H,1-4,9H2. The van der Waals surface area contributed by atoms with Gasteiger partial charge in [-0.25, -0.2) is 4.39 Å². The Balaban J connectivity index is 2.08. The van der Waals surface area contributed by atoms with Crippen LogP contribution >= 0.6 is 0 Å². The molecule has 16 heavy (non-hydrogen) atoms. The number of ether oxygens (including phenoxy) is 1. The largest absolute Gasteiger partial charge is 0.379 e. The molecule has 0 aliphatic carbocycles. The summed E-state index contributed by atoms with van der Waals surface area (Å²) in [5.41, 5.74) is 1.22. The van der Waals surface area contributed by atoms with Crippen molar-refractivity contribution in [3.8, 4) is 6.07 Å². The van der Waals surface area contributed by atoms with Crippen LogP contribution in [0.2, 0.25) is 0 Å². The fourth-order valence-electron chi connectivity index (χ4n) is 1.82. The Kier molecular flexibility index (Phi) is 3.50. The first-order valence-corrected chi connectivity index (χ1v) is 5.27. The van der Waals surface area contributed by atoms with Gasteiger partial charge in [0.05, 0.1) is 24.8 Å². The number of benzene rings is 1. The second-order valence-electron chi connectivity index (χ2n) is 3.85. The topological polar surface area (TPSA) is 36.3 Å². The summed E-state index contributed by atoms with van der Waals surface area (Å²) < 4.78 is 18.4. The van der Waals surface area contributed by atoms with E-state index < -0.39 is 0 Å². The van der Waals surface area contributed by atoms with Crippen molar-refractivity contribution in [2.45, 2.75) is 6.54 Å². The zero-order valence-electron chi connectivity index (χ0n) is 8.95. The average molecular weight is 220 g/mol. The summed E-state index contributed by atoms with van der Waals surface area (Å²) in [5, 5.41) is 8.74. The maximum Gasteiger partial charge on any atom is 0.124 e. The van der Waals surface area contributed by atoms with Crippen molar-refractivity contribution in [1.82, 2.24) is 4.90 Å². The summed E-state index contributed by atoms with van der Waals surface area (Å²) in [6.07, 6.45) is 0. The molecule has 1 aromatic rings. The van der Waals surface area contributed by atoms with Crippen LogP contribution in [-0.2, 0) is 11.3 Å². The van der Waals surface area contributed by atoms with Crippen LogP contribution < -0.4 is 0 Å². The molecule has 0 unspecified atom stereocenters. The van der Waals surface area contributed by atoms with Gasteiger partial charge < -0.3 is 4.74 Å². The molecule has 0 aromatic heterocycles. The van der Waals surface area contributed by atoms with Gasteiger partial charge >= 0.3 is 0 Å². The maximum absolute atomic E-state index is 13.2. The van der Waals surface area contributed by atoms with Gasteiger partial charge in [0.15, 0.2) is 0 Å². The first kappa shape index (κ1) is 11.1. The second-order valence-corrected chi connectivity index (χ2v) is 3.85. The molecule has 2 rings (SSSR count). The van der Waals surface area contributed by atoms with Gasteiger partial charge in [-0.15, -0.1) is 0 Å². The fourth-order valence-corrected chi connectivity index (χ4v) is 1.82. The number of nitriles is 1. The monoisotopic (exact) mass is 220 g/mol. The lowest BCUT2D eigenvalue weighted by molar-refractivity contribution is 0.0341. The van der Waals surface area contributed by atoms with E-state index in [-0.39, 0.29) is 5.82 Å². The third kappa shape index (κ3) is 2.78. The number of morpholine rings is 1. The number of rotatable bonds is 2. The molecule has 0 bridgehead atoms. The molecule has 0 spiro atoms. The van der Waals surface area contributed by atoms with Crippen LogP contribution in [0.4, 0.5) is 4.39 Å². The Morgan fingerprint density at radius 2 is 2.06 bits per heavy atom. The molecule has 1 aliphatic heterocycles. The highest BCUT2D eigenvalue weighted by Crippen LogP contribution is 2.12. The molecule has 1 fully saturated rings. The van der Waals surface area contributed by atoms with Crippen LogP contribution in [0.1, 0.15) is 11.1 Å². The van der Waals surface area contributed by atoms with Crippen molar-refractivity contribution < 1.29 is 9.13 Å². The molecule has 0 N–H and O–H groups in total. The third-order valence-corrected chi connectivity index (χ3v) is 2.60. The highest BCUT2D eigenvalue weighted by Gasteiger charge is 2.11. The van der Waals surface area contributed by atoms with Gasteiger partial charge in [-0.05, 0) is 23.8 Å². The van der Waals surface area contributed by atoms with Crippen LogP contribution in [-0.4, -0.2) is 31.2 Å². The van der Waals surface area contributed by atoms with Crippen molar-refractivity contribution >= 4 is 0 Å². The van der Waals surface area contributed by atoms with Gasteiger partial charge in [0.2, 0.25) is 0 Å². The van der Waals surface area contributed by atoms with E-state index in [1.54, 1.807) is 6.07 Å². The van der Waals surface area contributed by atoms with Crippen LogP contribution in [0, 0.1) is 17.1 Å². The normalized spacial score (nSPS) is 17.0. The first-order valence-electron chi connectivity index (χ1n) is 5.27. The highest BCUT2D eigenvalue weighted by molar-refractivity contribution is 5.33. The van der Waals surface area contributed by atoms with Gasteiger partial charge in [-0.3, -0.25) is 4.90 Å². The summed E-state index contributed by atoms with van der Waals surface area (Å²) in [5.74, 6) is -0.345. The van der Waals surface area contributed by atoms with E-state index in [9.17, 15) is 4.39 Å². The molecule has 0 atom stereocenters. The minimum absolute atomic E-state index is 0.345. The molecule has 1 saturated heterocycles. The lowest BCUT2D eigenvalue weighted by Gasteiger charge is -2.26. The summed E-state index contributed by atoms with van der Waals surface area (Å²) >= 11 is 0. The predicted octanol–water partition coefficient (Wildman–Crippen LogP) is 1.53. The minimum Gasteiger partial charge on any atom is -0.379 e. The number of nitrogens with zero attached hydrogens (tertiary/aromatic N) is 2. The lowest BCUT2D eigenvalue weighted by Crippen LogP contribution is -2.35. The van der Waals surface area contributed by atoms with Gasteiger partial charge in [-0.2, -0.15) is 5.26 Å². The Morgan fingerprint density at radius 1 is 1.31 bits per heavy atom. The smallest absolute Gasteiger partial charge is 0.124 e. The lowest BCUT2D eigenvalue weighted by atomic mass is 10.1. The van der Waals surface area contributed by atoms with Gasteiger partial charge in [0.1, 0.15) is 5.82 Å². The molecule has 84 valence electrons. The third-order valence-electron chi connectivity index (χ3n) is 2.60. The highest BCUT2D eigenvalue weighted by atomic mass is 19.1. The summed E-state index contributed by atoms with van der Waals surface area (Å²) in [7, 11) is 0. The molecule has 3 nitrogen and oxygen atoms in total. The Bertz CT molecular complexity index is 408. The molecular formula is C12H13FN2O. The summed E-state index contributed by atoms with van der Waals surface area (Å²) in [4.78, 5) is 2.19. The van der Waals surface area contributed by atoms with Crippen LogP contribution in [0.25, 0.3) is 0 Å². The van der Waals surface area contributed by atoms with E-state index in [0.29, 0.717) is 12.1 Å². The van der Waals surface area contributed by atoms with Crippen LogP contribution in [0.15, 0.2) is 18.2 Å². The first-order chi connectivity index (χ1) is 7.78. The molecule has 1 aliphatic rings. The van der Waals surface area contributed by atoms with E-state index in [2.05, 4.69) is 4.90 Å². The molecule has 0 saturated carbocycles. The van der Waals surface area contributed by atoms with Crippen molar-refractivity contribution in [2.75, 3.05) is 26.3 Å². The number of halogens is 1. The Morgan fingerprint density at radius 3 is 2.75 bits per heavy atom. The number of hydrogen-bond donors (Lipinski definition) is 0. The van der Waals surface area contributed by atoms with E-state index in [4.69, 9.17) is 10.00 Å². The van der Waals surface area contributed by atoms with Crippen molar-refractivity contribution in [1.29, 1.82) is 5.26 Å². The molecule has 0 radical (unpaired) electrons. The number of hydrogen-bond acceptors (Lipinski definition) is 3. The second kappa shape index (κ2) is 5.06. The van der Waals surface area contributed by atoms with Crippen LogP contribution in [0.5, 0.6) is 0 Å². The molecule has 4 heteroatoms. The van der Waals surface area contributed by atoms with Crippen LogP contribution in [0.3, 0.4) is 0 Å². The van der Waals surface area contributed by atoms with Gasteiger partial charge in [-0.1, -0.05) is 0 Å². The maximum atomic E-state index is 13.2. The molecule has 1 heterocycles. The van der Waals surface area contributed by atoms with Gasteiger partial charge in [0.25, 0.3) is 0 Å². The Labute approximate surface area is 94.0 Å². The van der Waals surface area contributed by atoms with Crippen molar-refractivity contribution in [3.05, 3.63) is 35.1 Å². The van der Waals surface area contributed by atoms with E-state index in [1.807, 2.05) is 6.07 Å². The molecule has 1 aromatic carbocycles.